The summed E-state index contributed by atoms with van der Waals surface area (Å²) in [6.07, 6.45) is 1.39. The molecule has 35 heavy (non-hydrogen) atoms. The predicted octanol–water partition coefficient (Wildman–Crippen LogP) is 5.50. The van der Waals surface area contributed by atoms with Crippen LogP contribution in [0.1, 0.15) is 23.9 Å². The number of benzene rings is 2. The molecule has 2 aromatic carbocycles. The van der Waals surface area contributed by atoms with Crippen molar-refractivity contribution in [2.75, 3.05) is 5.01 Å². The van der Waals surface area contributed by atoms with E-state index in [4.69, 9.17) is 0 Å². The average Bonchev–Trinajstić information content (AvgIpc) is 3.26. The molecule has 1 aliphatic rings. The average molecular weight is 490 g/mol. The molecule has 2 heterocycles. The van der Waals surface area contributed by atoms with E-state index in [2.05, 4.69) is 5.10 Å². The van der Waals surface area contributed by atoms with Crippen molar-refractivity contribution in [1.29, 1.82) is 0 Å². The maximum atomic E-state index is 14.2. The van der Waals surface area contributed by atoms with Crippen LogP contribution in [0.4, 0.5) is 33.3 Å². The Morgan fingerprint density at radius 3 is 2.00 bits per heavy atom. The van der Waals surface area contributed by atoms with Crippen LogP contribution in [0.5, 0.6) is 0 Å². The molecule has 3 aromatic rings. The lowest BCUT2D eigenvalue weighted by atomic mass is 10.1. The molecule has 180 valence electrons. The molecule has 0 N–H and O–H groups in total. The molecule has 1 aromatic heterocycles. The molecular formula is C23H15F5N4O3. The Bertz CT molecular complexity index is 1450. The number of anilines is 1. The lowest BCUT2D eigenvalue weighted by Crippen LogP contribution is -2.25. The van der Waals surface area contributed by atoms with E-state index in [1.54, 1.807) is 36.6 Å². The van der Waals surface area contributed by atoms with Gasteiger partial charge in [-0.15, -0.1) is 0 Å². The fourth-order valence-electron chi connectivity index (χ4n) is 3.83. The summed E-state index contributed by atoms with van der Waals surface area (Å²) < 4.78 is 71.0. The van der Waals surface area contributed by atoms with Crippen molar-refractivity contribution in [2.24, 2.45) is 5.10 Å². The first kappa shape index (κ1) is 23.8. The van der Waals surface area contributed by atoms with Crippen molar-refractivity contribution in [1.82, 2.24) is 4.57 Å². The molecule has 0 aliphatic carbocycles. The molecule has 0 fully saturated rings. The molecule has 0 atom stereocenters. The fraction of sp³-hybridized carbons (Fsp3) is 0.130. The van der Waals surface area contributed by atoms with Crippen LogP contribution in [0.3, 0.4) is 0 Å². The minimum Gasteiger partial charge on any atom is -0.318 e. The summed E-state index contributed by atoms with van der Waals surface area (Å²) in [5, 5.41) is 14.8. The Hall–Kier alpha value is -4.35. The molecule has 0 radical (unpaired) electrons. The summed E-state index contributed by atoms with van der Waals surface area (Å²) in [6, 6.07) is 7.48. The molecule has 0 saturated carbocycles. The summed E-state index contributed by atoms with van der Waals surface area (Å²) in [4.78, 5) is 23.3. The summed E-state index contributed by atoms with van der Waals surface area (Å²) in [6.45, 7) is 4.83. The van der Waals surface area contributed by atoms with E-state index in [9.17, 15) is 36.9 Å². The Morgan fingerprint density at radius 2 is 1.46 bits per heavy atom. The van der Waals surface area contributed by atoms with Gasteiger partial charge in [-0.3, -0.25) is 14.9 Å². The number of hydrazone groups is 1. The number of nitrogens with zero attached hydrogens (tertiary/aromatic N) is 4. The normalized spacial score (nSPS) is 14.7. The second kappa shape index (κ2) is 8.46. The van der Waals surface area contributed by atoms with Crippen LogP contribution in [-0.2, 0) is 4.79 Å². The number of halogens is 5. The van der Waals surface area contributed by atoms with Crippen LogP contribution in [-0.4, -0.2) is 21.1 Å². The standard InChI is InChI=1S/C23H15F5N4O3/c1-10-8-13(12(3)30(10)14-4-6-15(7-5-14)32(34)35)9-16-11(2)29-31(23(16)33)22-20(27)18(25)17(24)19(26)21(22)28/h4-9H,1-3H3/b16-9-. The molecule has 4 rings (SSSR count). The maximum Gasteiger partial charge on any atom is 0.280 e. The number of carbonyl (C=O) groups is 1. The number of nitro benzene ring substituents is 1. The van der Waals surface area contributed by atoms with Gasteiger partial charge < -0.3 is 4.57 Å². The molecule has 1 aliphatic heterocycles. The summed E-state index contributed by atoms with van der Waals surface area (Å²) in [5.41, 5.74) is 0.788. The Kier molecular flexibility index (Phi) is 5.75. The van der Waals surface area contributed by atoms with Crippen LogP contribution in [0, 0.1) is 53.0 Å². The minimum absolute atomic E-state index is 0.000852. The van der Waals surface area contributed by atoms with E-state index in [1.807, 2.05) is 0 Å². The quantitative estimate of drug-likeness (QED) is 0.121. The fourth-order valence-corrected chi connectivity index (χ4v) is 3.83. The molecule has 0 unspecified atom stereocenters. The number of nitro groups is 1. The van der Waals surface area contributed by atoms with Crippen molar-refractivity contribution < 1.29 is 31.7 Å². The predicted molar refractivity (Wildman–Crippen MR) is 117 cm³/mol. The molecule has 0 spiro atoms. The maximum absolute atomic E-state index is 14.2. The van der Waals surface area contributed by atoms with Gasteiger partial charge >= 0.3 is 0 Å². The van der Waals surface area contributed by atoms with Crippen LogP contribution in [0.15, 0.2) is 41.0 Å². The van der Waals surface area contributed by atoms with Gasteiger partial charge in [0.1, 0.15) is 5.69 Å². The Morgan fingerprint density at radius 1 is 0.914 bits per heavy atom. The molecular weight excluding hydrogens is 475 g/mol. The van der Waals surface area contributed by atoms with Crippen molar-refractivity contribution in [3.8, 4) is 5.69 Å². The number of aryl methyl sites for hydroxylation is 1. The highest BCUT2D eigenvalue weighted by Gasteiger charge is 2.37. The molecule has 0 saturated heterocycles. The zero-order valence-corrected chi connectivity index (χ0v) is 18.4. The first-order valence-electron chi connectivity index (χ1n) is 10.0. The lowest BCUT2D eigenvalue weighted by Gasteiger charge is -2.15. The van der Waals surface area contributed by atoms with Gasteiger partial charge in [0.2, 0.25) is 5.82 Å². The molecule has 7 nitrogen and oxygen atoms in total. The topological polar surface area (TPSA) is 80.7 Å². The highest BCUT2D eigenvalue weighted by Crippen LogP contribution is 2.34. The monoisotopic (exact) mass is 490 g/mol. The molecule has 12 heteroatoms. The number of hydrogen-bond acceptors (Lipinski definition) is 4. The number of carbonyl (C=O) groups excluding carboxylic acids is 1. The zero-order chi connectivity index (χ0) is 25.8. The third kappa shape index (κ3) is 3.76. The third-order valence-electron chi connectivity index (χ3n) is 5.55. The minimum atomic E-state index is -2.34. The lowest BCUT2D eigenvalue weighted by molar-refractivity contribution is -0.384. The van der Waals surface area contributed by atoms with E-state index < -0.39 is 45.6 Å². The summed E-state index contributed by atoms with van der Waals surface area (Å²) in [7, 11) is 0. The van der Waals surface area contributed by atoms with Gasteiger partial charge in [0, 0.05) is 29.2 Å². The van der Waals surface area contributed by atoms with Gasteiger partial charge in [0.15, 0.2) is 23.3 Å². The van der Waals surface area contributed by atoms with Crippen molar-refractivity contribution >= 4 is 29.1 Å². The van der Waals surface area contributed by atoms with Crippen LogP contribution >= 0.6 is 0 Å². The Balaban J connectivity index is 1.75. The van der Waals surface area contributed by atoms with E-state index in [0.717, 1.165) is 0 Å². The summed E-state index contributed by atoms with van der Waals surface area (Å²) in [5.74, 6) is -12.2. The van der Waals surface area contributed by atoms with Crippen LogP contribution in [0.25, 0.3) is 11.8 Å². The van der Waals surface area contributed by atoms with E-state index in [-0.39, 0.29) is 22.0 Å². The van der Waals surface area contributed by atoms with Crippen LogP contribution in [0.2, 0.25) is 0 Å². The van der Waals surface area contributed by atoms with E-state index in [0.29, 0.717) is 22.6 Å². The number of amides is 1. The van der Waals surface area contributed by atoms with Crippen LogP contribution < -0.4 is 5.01 Å². The van der Waals surface area contributed by atoms with E-state index >= 15 is 0 Å². The second-order valence-corrected chi connectivity index (χ2v) is 7.71. The van der Waals surface area contributed by atoms with Crippen molar-refractivity contribution in [3.05, 3.63) is 92.1 Å². The second-order valence-electron chi connectivity index (χ2n) is 7.71. The number of non-ortho nitro benzene ring substituents is 1. The van der Waals surface area contributed by atoms with Gasteiger partial charge in [-0.2, -0.15) is 10.1 Å². The van der Waals surface area contributed by atoms with Gasteiger partial charge in [-0.05, 0) is 50.6 Å². The first-order valence-corrected chi connectivity index (χ1v) is 10.0. The number of aromatic nitrogens is 1. The van der Waals surface area contributed by atoms with Gasteiger partial charge in [0.05, 0.1) is 16.2 Å². The largest absolute Gasteiger partial charge is 0.318 e. The number of rotatable bonds is 4. The summed E-state index contributed by atoms with van der Waals surface area (Å²) >= 11 is 0. The van der Waals surface area contributed by atoms with Crippen molar-refractivity contribution in [3.63, 3.8) is 0 Å². The van der Waals surface area contributed by atoms with Gasteiger partial charge in [0.25, 0.3) is 11.6 Å². The first-order chi connectivity index (χ1) is 16.4. The highest BCUT2D eigenvalue weighted by molar-refractivity contribution is 6.32. The smallest absolute Gasteiger partial charge is 0.280 e. The SMILES string of the molecule is CC1=NN(c2c(F)c(F)c(F)c(F)c2F)C(=O)/C1=C\c1cc(C)n(-c2ccc([N+](=O)[O-])cc2)c1C. The Labute approximate surface area is 194 Å². The van der Waals surface area contributed by atoms with E-state index in [1.165, 1.54) is 25.1 Å². The van der Waals surface area contributed by atoms with Gasteiger partial charge in [-0.1, -0.05) is 0 Å². The molecule has 1 amide bonds. The third-order valence-corrected chi connectivity index (χ3v) is 5.55. The highest BCUT2D eigenvalue weighted by atomic mass is 19.2. The molecule has 0 bridgehead atoms. The van der Waals surface area contributed by atoms with Gasteiger partial charge in [-0.25, -0.2) is 22.0 Å². The number of hydrogen-bond donors (Lipinski definition) is 0. The van der Waals surface area contributed by atoms with Crippen molar-refractivity contribution in [2.45, 2.75) is 20.8 Å². The zero-order valence-electron chi connectivity index (χ0n) is 18.4.